The van der Waals surface area contributed by atoms with Gasteiger partial charge in [0, 0.05) is 13.1 Å². The van der Waals surface area contributed by atoms with Crippen LogP contribution in [0.25, 0.3) is 10.2 Å². The number of anilines is 1. The lowest BCUT2D eigenvalue weighted by molar-refractivity contribution is 0.155. The van der Waals surface area contributed by atoms with Crippen molar-refractivity contribution < 1.29 is 8.78 Å². The predicted octanol–water partition coefficient (Wildman–Crippen LogP) is 1.72. The molecule has 2 heterocycles. The summed E-state index contributed by atoms with van der Waals surface area (Å²) >= 11 is 1.46. The maximum Gasteiger partial charge on any atom is 0.255 e. The van der Waals surface area contributed by atoms with Gasteiger partial charge in [0.1, 0.15) is 17.0 Å². The molecule has 0 unspecified atom stereocenters. The van der Waals surface area contributed by atoms with Gasteiger partial charge in [-0.25, -0.2) is 18.7 Å². The van der Waals surface area contributed by atoms with E-state index in [1.807, 2.05) is 11.4 Å². The molecule has 0 saturated heterocycles. The lowest BCUT2D eigenvalue weighted by Gasteiger charge is -2.22. The second-order valence-electron chi connectivity index (χ2n) is 3.46. The van der Waals surface area contributed by atoms with Gasteiger partial charge in [-0.2, -0.15) is 0 Å². The Kier molecular flexibility index (Phi) is 3.80. The highest BCUT2D eigenvalue weighted by Crippen LogP contribution is 2.26. The molecule has 0 amide bonds. The Labute approximate surface area is 101 Å². The minimum atomic E-state index is -2.41. The van der Waals surface area contributed by atoms with Crippen LogP contribution in [0.3, 0.4) is 0 Å². The zero-order valence-corrected chi connectivity index (χ0v) is 9.83. The third-order valence-electron chi connectivity index (χ3n) is 2.30. The van der Waals surface area contributed by atoms with Crippen molar-refractivity contribution in [2.24, 2.45) is 5.73 Å². The van der Waals surface area contributed by atoms with Crippen LogP contribution < -0.4 is 10.6 Å². The topological polar surface area (TPSA) is 55.0 Å². The van der Waals surface area contributed by atoms with Crippen molar-refractivity contribution in [1.82, 2.24) is 9.97 Å². The Hall–Kier alpha value is -1.34. The van der Waals surface area contributed by atoms with Gasteiger partial charge in [0.05, 0.1) is 11.9 Å². The number of rotatable bonds is 5. The third kappa shape index (κ3) is 2.67. The van der Waals surface area contributed by atoms with E-state index < -0.39 is 6.43 Å². The number of alkyl halides is 2. The van der Waals surface area contributed by atoms with Crippen molar-refractivity contribution in [2.45, 2.75) is 6.43 Å². The monoisotopic (exact) mass is 258 g/mol. The molecule has 0 spiro atoms. The molecule has 92 valence electrons. The first-order valence-corrected chi connectivity index (χ1v) is 6.01. The Balaban J connectivity index is 2.36. The van der Waals surface area contributed by atoms with Crippen LogP contribution in [0.5, 0.6) is 0 Å². The number of fused-ring (bicyclic) bond motifs is 1. The quantitative estimate of drug-likeness (QED) is 0.887. The van der Waals surface area contributed by atoms with Crippen LogP contribution in [-0.2, 0) is 0 Å². The molecule has 2 aromatic rings. The second-order valence-corrected chi connectivity index (χ2v) is 4.36. The van der Waals surface area contributed by atoms with Gasteiger partial charge in [-0.3, -0.25) is 0 Å². The summed E-state index contributed by atoms with van der Waals surface area (Å²) in [5.41, 5.74) is 5.43. The van der Waals surface area contributed by atoms with Crippen molar-refractivity contribution in [1.29, 1.82) is 0 Å². The van der Waals surface area contributed by atoms with E-state index in [4.69, 9.17) is 5.73 Å². The SMILES string of the molecule is NCCN(CC(F)F)c1ncnc2sccc12. The molecule has 2 aromatic heterocycles. The van der Waals surface area contributed by atoms with Gasteiger partial charge in [-0.15, -0.1) is 11.3 Å². The molecule has 0 aromatic carbocycles. The molecular weight excluding hydrogens is 246 g/mol. The molecule has 2 rings (SSSR count). The van der Waals surface area contributed by atoms with E-state index in [9.17, 15) is 8.78 Å². The fraction of sp³-hybridized carbons (Fsp3) is 0.400. The largest absolute Gasteiger partial charge is 0.349 e. The summed E-state index contributed by atoms with van der Waals surface area (Å²) in [6.45, 7) is 0.299. The predicted molar refractivity (Wildman–Crippen MR) is 64.7 cm³/mol. The molecular formula is C10H12F2N4S. The van der Waals surface area contributed by atoms with Gasteiger partial charge in [-0.1, -0.05) is 0 Å². The zero-order chi connectivity index (χ0) is 12.3. The van der Waals surface area contributed by atoms with E-state index in [1.54, 1.807) is 0 Å². The van der Waals surface area contributed by atoms with Crippen LogP contribution in [-0.4, -0.2) is 36.0 Å². The number of nitrogens with zero attached hydrogens (tertiary/aromatic N) is 3. The number of aromatic nitrogens is 2. The molecule has 0 aliphatic carbocycles. The number of hydrogen-bond donors (Lipinski definition) is 1. The van der Waals surface area contributed by atoms with E-state index in [1.165, 1.54) is 22.6 Å². The molecule has 0 aliphatic heterocycles. The van der Waals surface area contributed by atoms with Crippen LogP contribution >= 0.6 is 11.3 Å². The lowest BCUT2D eigenvalue weighted by atomic mass is 10.3. The van der Waals surface area contributed by atoms with Gasteiger partial charge in [-0.05, 0) is 11.4 Å². The minimum absolute atomic E-state index is 0.308. The van der Waals surface area contributed by atoms with Gasteiger partial charge in [0.15, 0.2) is 0 Å². The Bertz CT molecular complexity index is 488. The van der Waals surface area contributed by atoms with E-state index in [0.717, 1.165) is 10.2 Å². The minimum Gasteiger partial charge on any atom is -0.349 e. The molecule has 0 saturated carbocycles. The molecule has 0 atom stereocenters. The maximum atomic E-state index is 12.5. The highest BCUT2D eigenvalue weighted by atomic mass is 32.1. The Morgan fingerprint density at radius 3 is 2.94 bits per heavy atom. The smallest absolute Gasteiger partial charge is 0.255 e. The van der Waals surface area contributed by atoms with Crippen LogP contribution in [0.2, 0.25) is 0 Å². The van der Waals surface area contributed by atoms with Gasteiger partial charge >= 0.3 is 0 Å². The second kappa shape index (κ2) is 5.33. The van der Waals surface area contributed by atoms with E-state index in [2.05, 4.69) is 9.97 Å². The molecule has 0 fully saturated rings. The lowest BCUT2D eigenvalue weighted by Crippen LogP contribution is -2.34. The van der Waals surface area contributed by atoms with Crippen molar-refractivity contribution >= 4 is 27.4 Å². The van der Waals surface area contributed by atoms with Gasteiger partial charge < -0.3 is 10.6 Å². The van der Waals surface area contributed by atoms with Crippen molar-refractivity contribution in [3.05, 3.63) is 17.8 Å². The normalized spacial score (nSPS) is 11.3. The van der Waals surface area contributed by atoms with Gasteiger partial charge in [0.25, 0.3) is 6.43 Å². The number of halogens is 2. The summed E-state index contributed by atoms with van der Waals surface area (Å²) in [5, 5.41) is 2.66. The maximum absolute atomic E-state index is 12.5. The highest BCUT2D eigenvalue weighted by molar-refractivity contribution is 7.16. The molecule has 0 aliphatic rings. The van der Waals surface area contributed by atoms with Crippen molar-refractivity contribution in [3.63, 3.8) is 0 Å². The van der Waals surface area contributed by atoms with E-state index in [-0.39, 0.29) is 6.54 Å². The van der Waals surface area contributed by atoms with Gasteiger partial charge in [0.2, 0.25) is 0 Å². The molecule has 0 bridgehead atoms. The summed E-state index contributed by atoms with van der Waals surface area (Å²) in [6, 6.07) is 1.84. The average Bonchev–Trinajstić information content (AvgIpc) is 2.75. The van der Waals surface area contributed by atoms with E-state index >= 15 is 0 Å². The first-order valence-electron chi connectivity index (χ1n) is 5.13. The summed E-state index contributed by atoms with van der Waals surface area (Å²) in [5.74, 6) is 0.530. The first kappa shape index (κ1) is 12.1. The summed E-state index contributed by atoms with van der Waals surface area (Å²) in [4.78, 5) is 10.5. The van der Waals surface area contributed by atoms with Crippen LogP contribution in [0.15, 0.2) is 17.8 Å². The van der Waals surface area contributed by atoms with Crippen LogP contribution in [0.1, 0.15) is 0 Å². The summed E-state index contributed by atoms with van der Waals surface area (Å²) in [6.07, 6.45) is -1.02. The molecule has 2 N–H and O–H groups in total. The standard InChI is InChI=1S/C10H12F2N4S/c11-8(12)5-16(3-2-13)9-7-1-4-17-10(7)15-6-14-9/h1,4,6,8H,2-3,5,13H2. The fourth-order valence-electron chi connectivity index (χ4n) is 1.64. The van der Waals surface area contributed by atoms with Crippen LogP contribution in [0.4, 0.5) is 14.6 Å². The Morgan fingerprint density at radius 1 is 1.41 bits per heavy atom. The zero-order valence-electron chi connectivity index (χ0n) is 9.01. The summed E-state index contributed by atoms with van der Waals surface area (Å²) in [7, 11) is 0. The molecule has 4 nitrogen and oxygen atoms in total. The number of hydrogen-bond acceptors (Lipinski definition) is 5. The summed E-state index contributed by atoms with van der Waals surface area (Å²) < 4.78 is 25.0. The number of nitrogens with two attached hydrogens (primary N) is 1. The molecule has 17 heavy (non-hydrogen) atoms. The highest BCUT2D eigenvalue weighted by Gasteiger charge is 2.16. The number of thiophene rings is 1. The van der Waals surface area contributed by atoms with Crippen LogP contribution in [0, 0.1) is 0 Å². The average molecular weight is 258 g/mol. The third-order valence-corrected chi connectivity index (χ3v) is 3.12. The van der Waals surface area contributed by atoms with Crippen molar-refractivity contribution in [3.8, 4) is 0 Å². The van der Waals surface area contributed by atoms with E-state index in [0.29, 0.717) is 18.9 Å². The fourth-order valence-corrected chi connectivity index (χ4v) is 2.36. The molecule has 7 heteroatoms. The first-order chi connectivity index (χ1) is 8.22. The Morgan fingerprint density at radius 2 is 2.24 bits per heavy atom. The molecule has 0 radical (unpaired) electrons. The van der Waals surface area contributed by atoms with Crippen molar-refractivity contribution in [2.75, 3.05) is 24.5 Å².